The van der Waals surface area contributed by atoms with Crippen molar-refractivity contribution in [2.24, 2.45) is 0 Å². The lowest BCUT2D eigenvalue weighted by Gasteiger charge is -2.15. The Morgan fingerprint density at radius 1 is 0.971 bits per heavy atom. The Kier molecular flexibility index (Phi) is 5.04. The van der Waals surface area contributed by atoms with Crippen molar-refractivity contribution in [2.75, 3.05) is 11.9 Å². The molecule has 2 N–H and O–H groups in total. The third-order valence-electron chi connectivity index (χ3n) is 6.03. The summed E-state index contributed by atoms with van der Waals surface area (Å²) in [6.45, 7) is 0.109. The van der Waals surface area contributed by atoms with Crippen LogP contribution in [-0.2, 0) is 4.74 Å². The number of carboxylic acids is 1. The number of fused-ring (bicyclic) bond motifs is 4. The zero-order chi connectivity index (χ0) is 23.9. The number of rotatable bonds is 5. The van der Waals surface area contributed by atoms with E-state index in [1.807, 2.05) is 60.7 Å². The van der Waals surface area contributed by atoms with Crippen molar-refractivity contribution in [2.45, 2.75) is 5.92 Å². The van der Waals surface area contributed by atoms with Gasteiger partial charge in [-0.15, -0.1) is 0 Å². The standard InChI is InChI=1S/C26H18N4O4S/c31-24(32)19-13-27-30(25-28-21-11-5-6-12-22(21)35-25)23(19)29-26(33)34-14-20-17-9-3-1-7-15(17)16-8-2-4-10-18(16)20/h1-13,20H,14H2,(H,29,33)(H,31,32). The molecular weight excluding hydrogens is 464 g/mol. The number of nitrogens with zero attached hydrogens (tertiary/aromatic N) is 3. The van der Waals surface area contributed by atoms with E-state index in [-0.39, 0.29) is 23.9 Å². The summed E-state index contributed by atoms with van der Waals surface area (Å²) in [4.78, 5) is 29.2. The van der Waals surface area contributed by atoms with Crippen LogP contribution in [0.15, 0.2) is 79.0 Å². The number of aromatic carboxylic acids is 1. The van der Waals surface area contributed by atoms with Gasteiger partial charge in [0.1, 0.15) is 12.2 Å². The molecule has 0 bridgehead atoms. The van der Waals surface area contributed by atoms with Gasteiger partial charge in [-0.25, -0.2) is 14.6 Å². The molecule has 0 unspecified atom stereocenters. The highest BCUT2D eigenvalue weighted by atomic mass is 32.1. The summed E-state index contributed by atoms with van der Waals surface area (Å²) >= 11 is 1.34. The number of aromatic nitrogens is 3. The molecule has 0 atom stereocenters. The Hall–Kier alpha value is -4.50. The zero-order valence-corrected chi connectivity index (χ0v) is 19.0. The highest BCUT2D eigenvalue weighted by molar-refractivity contribution is 7.20. The number of thiazole rings is 1. The van der Waals surface area contributed by atoms with E-state index in [9.17, 15) is 14.7 Å². The summed E-state index contributed by atoms with van der Waals surface area (Å²) in [5.74, 6) is -1.33. The molecule has 9 heteroatoms. The van der Waals surface area contributed by atoms with Crippen LogP contribution in [0.3, 0.4) is 0 Å². The Balaban J connectivity index is 1.26. The number of nitrogens with one attached hydrogen (secondary N) is 1. The maximum Gasteiger partial charge on any atom is 0.412 e. The predicted molar refractivity (Wildman–Crippen MR) is 132 cm³/mol. The molecule has 2 heterocycles. The first-order valence-electron chi connectivity index (χ1n) is 10.9. The van der Waals surface area contributed by atoms with E-state index in [1.165, 1.54) is 22.2 Å². The molecule has 6 rings (SSSR count). The van der Waals surface area contributed by atoms with Gasteiger partial charge in [-0.2, -0.15) is 9.78 Å². The van der Waals surface area contributed by atoms with E-state index in [0.717, 1.165) is 32.5 Å². The van der Waals surface area contributed by atoms with Crippen molar-refractivity contribution in [1.82, 2.24) is 14.8 Å². The van der Waals surface area contributed by atoms with Gasteiger partial charge in [-0.05, 0) is 34.4 Å². The molecule has 1 aliphatic rings. The zero-order valence-electron chi connectivity index (χ0n) is 18.2. The third kappa shape index (κ3) is 3.62. The molecule has 8 nitrogen and oxygen atoms in total. The molecule has 0 radical (unpaired) electrons. The quantitative estimate of drug-likeness (QED) is 0.341. The van der Waals surface area contributed by atoms with Crippen LogP contribution in [0.2, 0.25) is 0 Å². The molecule has 0 fully saturated rings. The van der Waals surface area contributed by atoms with E-state index in [0.29, 0.717) is 5.13 Å². The number of anilines is 1. The van der Waals surface area contributed by atoms with Gasteiger partial charge in [0.2, 0.25) is 5.13 Å². The minimum absolute atomic E-state index is 0.00576. The number of carbonyl (C=O) groups is 2. The molecule has 3 aromatic carbocycles. The number of carbonyl (C=O) groups excluding carboxylic acids is 1. The summed E-state index contributed by atoms with van der Waals surface area (Å²) in [5.41, 5.74) is 5.03. The van der Waals surface area contributed by atoms with Crippen molar-refractivity contribution in [3.63, 3.8) is 0 Å². The number of ether oxygens (including phenoxy) is 1. The van der Waals surface area contributed by atoms with Gasteiger partial charge < -0.3 is 9.84 Å². The maximum absolute atomic E-state index is 12.8. The van der Waals surface area contributed by atoms with Crippen molar-refractivity contribution in [1.29, 1.82) is 0 Å². The largest absolute Gasteiger partial charge is 0.477 e. The molecule has 1 aliphatic carbocycles. The number of para-hydroxylation sites is 1. The number of carboxylic acid groups (broad SMARTS) is 1. The third-order valence-corrected chi connectivity index (χ3v) is 7.04. The van der Waals surface area contributed by atoms with Crippen molar-refractivity contribution < 1.29 is 19.4 Å². The van der Waals surface area contributed by atoms with Crippen molar-refractivity contribution in [3.05, 3.63) is 95.7 Å². The SMILES string of the molecule is O=C(Nc1c(C(=O)O)cnn1-c1nc2ccccc2s1)OCC1c2ccccc2-c2ccccc21. The maximum atomic E-state index is 12.8. The monoisotopic (exact) mass is 482 g/mol. The van der Waals surface area contributed by atoms with Gasteiger partial charge in [0.15, 0.2) is 5.82 Å². The summed E-state index contributed by atoms with van der Waals surface area (Å²) in [6, 6.07) is 23.6. The first-order valence-corrected chi connectivity index (χ1v) is 11.7. The first kappa shape index (κ1) is 21.1. The Labute approximate surface area is 203 Å². The minimum Gasteiger partial charge on any atom is -0.477 e. The van der Waals surface area contributed by atoms with E-state index >= 15 is 0 Å². The van der Waals surface area contributed by atoms with Crippen LogP contribution < -0.4 is 5.32 Å². The van der Waals surface area contributed by atoms with Gasteiger partial charge in [0, 0.05) is 5.92 Å². The summed E-state index contributed by atoms with van der Waals surface area (Å²) < 4.78 is 7.83. The molecule has 0 spiro atoms. The van der Waals surface area contributed by atoms with Crippen LogP contribution in [0.25, 0.3) is 26.5 Å². The fourth-order valence-corrected chi connectivity index (χ4v) is 5.38. The highest BCUT2D eigenvalue weighted by Gasteiger charge is 2.29. The fourth-order valence-electron chi connectivity index (χ4n) is 4.45. The summed E-state index contributed by atoms with van der Waals surface area (Å²) in [7, 11) is 0. The Morgan fingerprint density at radius 3 is 2.31 bits per heavy atom. The molecule has 0 aliphatic heterocycles. The number of hydrogen-bond acceptors (Lipinski definition) is 6. The van der Waals surface area contributed by atoms with Gasteiger partial charge >= 0.3 is 12.1 Å². The lowest BCUT2D eigenvalue weighted by atomic mass is 9.98. The van der Waals surface area contributed by atoms with E-state index in [1.54, 1.807) is 0 Å². The smallest absolute Gasteiger partial charge is 0.412 e. The normalized spacial score (nSPS) is 12.3. The van der Waals surface area contributed by atoms with Crippen LogP contribution in [0.1, 0.15) is 27.4 Å². The second-order valence-corrected chi connectivity index (χ2v) is 9.05. The molecule has 35 heavy (non-hydrogen) atoms. The molecule has 0 saturated carbocycles. The van der Waals surface area contributed by atoms with Gasteiger partial charge in [0.25, 0.3) is 0 Å². The fraction of sp³-hybridized carbons (Fsp3) is 0.0769. The second-order valence-electron chi connectivity index (χ2n) is 8.04. The van der Waals surface area contributed by atoms with Gasteiger partial charge in [-0.3, -0.25) is 5.32 Å². The predicted octanol–water partition coefficient (Wildman–Crippen LogP) is 5.54. The van der Waals surface area contributed by atoms with E-state index in [4.69, 9.17) is 4.74 Å². The van der Waals surface area contributed by atoms with Crippen LogP contribution in [-0.4, -0.2) is 38.5 Å². The summed E-state index contributed by atoms with van der Waals surface area (Å²) in [6.07, 6.45) is 0.422. The van der Waals surface area contributed by atoms with Gasteiger partial charge in [-0.1, -0.05) is 72.0 Å². The molecule has 2 aromatic heterocycles. The van der Waals surface area contributed by atoms with Crippen molar-refractivity contribution in [3.8, 4) is 16.3 Å². The van der Waals surface area contributed by atoms with Crippen LogP contribution in [0, 0.1) is 0 Å². The van der Waals surface area contributed by atoms with Crippen LogP contribution in [0.5, 0.6) is 0 Å². The summed E-state index contributed by atoms with van der Waals surface area (Å²) in [5, 5.41) is 16.8. The Bertz CT molecular complexity index is 1530. The lowest BCUT2D eigenvalue weighted by molar-refractivity contribution is 0.0698. The van der Waals surface area contributed by atoms with Gasteiger partial charge in [0.05, 0.1) is 16.4 Å². The second kappa shape index (κ2) is 8.37. The molecule has 172 valence electrons. The van der Waals surface area contributed by atoms with Crippen LogP contribution >= 0.6 is 11.3 Å². The molecule has 1 amide bonds. The Morgan fingerprint density at radius 2 is 1.63 bits per heavy atom. The number of amides is 1. The first-order chi connectivity index (χ1) is 17.1. The number of hydrogen-bond donors (Lipinski definition) is 2. The molecular formula is C26H18N4O4S. The van der Waals surface area contributed by atoms with Crippen LogP contribution in [0.4, 0.5) is 10.6 Å². The molecule has 0 saturated heterocycles. The molecule has 5 aromatic rings. The highest BCUT2D eigenvalue weighted by Crippen LogP contribution is 2.44. The average molecular weight is 483 g/mol. The average Bonchev–Trinajstić information content (AvgIpc) is 3.56. The topological polar surface area (TPSA) is 106 Å². The minimum atomic E-state index is -1.22. The van der Waals surface area contributed by atoms with E-state index < -0.39 is 12.1 Å². The van der Waals surface area contributed by atoms with Crippen molar-refractivity contribution >= 4 is 39.4 Å². The lowest BCUT2D eigenvalue weighted by Crippen LogP contribution is -2.21. The van der Waals surface area contributed by atoms with E-state index in [2.05, 4.69) is 27.5 Å². The number of benzene rings is 3.